The van der Waals surface area contributed by atoms with Gasteiger partial charge in [0.25, 0.3) is 0 Å². The van der Waals surface area contributed by atoms with Crippen molar-refractivity contribution in [3.63, 3.8) is 0 Å². The molecule has 1 atom stereocenters. The number of piperidine rings is 1. The maximum absolute atomic E-state index is 11.3. The molecule has 1 fully saturated rings. The molecule has 2 heterocycles. The molecule has 1 saturated heterocycles. The fraction of sp³-hybridized carbons (Fsp3) is 0.286. The molecule has 1 aliphatic heterocycles. The second-order valence-electron chi connectivity index (χ2n) is 6.76. The first kappa shape index (κ1) is 17.7. The van der Waals surface area contributed by atoms with Crippen LogP contribution >= 0.6 is 27.3 Å². The largest absolute Gasteiger partial charge is 0.481 e. The highest BCUT2D eigenvalue weighted by Gasteiger charge is 2.31. The summed E-state index contributed by atoms with van der Waals surface area (Å²) in [7, 11) is 0. The van der Waals surface area contributed by atoms with Crippen molar-refractivity contribution in [2.24, 2.45) is 5.92 Å². The molecule has 0 radical (unpaired) electrons. The van der Waals surface area contributed by atoms with Crippen LogP contribution < -0.4 is 0 Å². The number of hydrogen-bond acceptors (Lipinski definition) is 3. The van der Waals surface area contributed by atoms with Gasteiger partial charge in [0.15, 0.2) is 0 Å². The highest BCUT2D eigenvalue weighted by molar-refractivity contribution is 9.10. The number of aliphatic carboxylic acids is 1. The van der Waals surface area contributed by atoms with Gasteiger partial charge in [0, 0.05) is 14.0 Å². The molecule has 1 aromatic heterocycles. The van der Waals surface area contributed by atoms with Gasteiger partial charge < -0.3 is 5.11 Å². The smallest absolute Gasteiger partial charge is 0.306 e. The summed E-state index contributed by atoms with van der Waals surface area (Å²) < 4.78 is 2.39. The summed E-state index contributed by atoms with van der Waals surface area (Å²) in [6, 6.07) is 19.3. The number of hydrogen-bond donors (Lipinski definition) is 1. The molecule has 3 aromatic rings. The van der Waals surface area contributed by atoms with Crippen molar-refractivity contribution in [2.45, 2.75) is 18.9 Å². The minimum atomic E-state index is -0.663. The van der Waals surface area contributed by atoms with Gasteiger partial charge in [-0.3, -0.25) is 9.69 Å². The van der Waals surface area contributed by atoms with Crippen molar-refractivity contribution < 1.29 is 9.90 Å². The summed E-state index contributed by atoms with van der Waals surface area (Å²) in [5, 5.41) is 10.6. The van der Waals surface area contributed by atoms with E-state index in [1.165, 1.54) is 20.5 Å². The van der Waals surface area contributed by atoms with Crippen LogP contribution in [-0.2, 0) is 4.79 Å². The summed E-state index contributed by atoms with van der Waals surface area (Å²) in [5.74, 6) is -0.877. The van der Waals surface area contributed by atoms with Crippen LogP contribution in [0.4, 0.5) is 0 Å². The lowest BCUT2D eigenvalue weighted by molar-refractivity contribution is -0.143. The van der Waals surface area contributed by atoms with E-state index in [9.17, 15) is 9.90 Å². The quantitative estimate of drug-likeness (QED) is 0.590. The number of carbonyl (C=O) groups is 1. The molecule has 1 N–H and O–H groups in total. The number of likely N-dealkylation sites (tertiary alicyclic amines) is 1. The first-order valence-corrected chi connectivity index (χ1v) is 10.4. The normalized spacial score (nSPS) is 17.4. The zero-order chi connectivity index (χ0) is 18.1. The second kappa shape index (κ2) is 7.51. The Morgan fingerprint density at radius 1 is 1.12 bits per heavy atom. The van der Waals surface area contributed by atoms with E-state index < -0.39 is 5.97 Å². The van der Waals surface area contributed by atoms with Crippen molar-refractivity contribution in [2.75, 3.05) is 13.1 Å². The summed E-state index contributed by atoms with van der Waals surface area (Å²) in [6.45, 7) is 1.61. The Labute approximate surface area is 165 Å². The number of fused-ring (bicyclic) bond motifs is 1. The monoisotopic (exact) mass is 429 g/mol. The van der Waals surface area contributed by atoms with Crippen molar-refractivity contribution >= 4 is 43.3 Å². The van der Waals surface area contributed by atoms with Gasteiger partial charge in [0.2, 0.25) is 0 Å². The Balaban J connectivity index is 1.73. The van der Waals surface area contributed by atoms with Crippen LogP contribution in [0.1, 0.15) is 29.3 Å². The zero-order valence-electron chi connectivity index (χ0n) is 14.3. The third-order valence-corrected chi connectivity index (χ3v) is 7.05. The topological polar surface area (TPSA) is 40.5 Å². The molecule has 2 aromatic carbocycles. The molecule has 3 nitrogen and oxygen atoms in total. The summed E-state index contributed by atoms with van der Waals surface area (Å²) >= 11 is 5.55. The van der Waals surface area contributed by atoms with Crippen LogP contribution in [-0.4, -0.2) is 29.1 Å². The Kier molecular flexibility index (Phi) is 5.11. The van der Waals surface area contributed by atoms with Gasteiger partial charge in [0.05, 0.1) is 12.0 Å². The predicted octanol–water partition coefficient (Wildman–Crippen LogP) is 5.55. The Hall–Kier alpha value is -1.69. The zero-order valence-corrected chi connectivity index (χ0v) is 16.7. The minimum Gasteiger partial charge on any atom is -0.481 e. The van der Waals surface area contributed by atoms with E-state index in [1.54, 1.807) is 0 Å². The van der Waals surface area contributed by atoms with Gasteiger partial charge >= 0.3 is 5.97 Å². The third kappa shape index (κ3) is 3.43. The number of carboxylic acid groups (broad SMARTS) is 1. The maximum atomic E-state index is 11.3. The van der Waals surface area contributed by atoms with E-state index in [1.807, 2.05) is 17.4 Å². The predicted molar refractivity (Wildman–Crippen MR) is 110 cm³/mol. The van der Waals surface area contributed by atoms with Crippen LogP contribution in [0.2, 0.25) is 0 Å². The van der Waals surface area contributed by atoms with Crippen molar-refractivity contribution in [3.05, 3.63) is 69.5 Å². The average Bonchev–Trinajstić information content (AvgIpc) is 3.07. The molecule has 26 heavy (non-hydrogen) atoms. The van der Waals surface area contributed by atoms with Crippen LogP contribution in [0.5, 0.6) is 0 Å². The molecule has 1 unspecified atom stereocenters. The van der Waals surface area contributed by atoms with E-state index in [-0.39, 0.29) is 12.0 Å². The fourth-order valence-corrected chi connectivity index (χ4v) is 5.49. The van der Waals surface area contributed by atoms with Crippen LogP contribution in [0.3, 0.4) is 0 Å². The van der Waals surface area contributed by atoms with E-state index in [4.69, 9.17) is 0 Å². The second-order valence-corrected chi connectivity index (χ2v) is 8.73. The molecule has 1 aliphatic rings. The molecule has 4 rings (SSSR count). The Morgan fingerprint density at radius 3 is 2.50 bits per heavy atom. The number of nitrogens with zero attached hydrogens (tertiary/aromatic N) is 1. The summed E-state index contributed by atoms with van der Waals surface area (Å²) in [6.07, 6.45) is 1.42. The highest BCUT2D eigenvalue weighted by Crippen LogP contribution is 2.40. The van der Waals surface area contributed by atoms with E-state index in [0.29, 0.717) is 12.8 Å². The summed E-state index contributed by atoms with van der Waals surface area (Å²) in [4.78, 5) is 15.1. The van der Waals surface area contributed by atoms with E-state index in [0.717, 1.165) is 17.6 Å². The molecule has 0 saturated carbocycles. The summed E-state index contributed by atoms with van der Waals surface area (Å²) in [5.41, 5.74) is 1.24. The molecule has 0 aliphatic carbocycles. The van der Waals surface area contributed by atoms with Gasteiger partial charge in [-0.1, -0.05) is 52.3 Å². The highest BCUT2D eigenvalue weighted by atomic mass is 79.9. The Morgan fingerprint density at radius 2 is 1.81 bits per heavy atom. The number of carboxylic acids is 1. The standard InChI is InChI=1S/C21H20BrNO2S/c22-17-7-3-2-6-16(17)20(23-11-9-14(10-12-23)21(24)25)19-13-15-5-1-4-8-18(15)26-19/h1-8,13-14,20H,9-12H2,(H,24,25). The minimum absolute atomic E-state index is 0.151. The molecular weight excluding hydrogens is 410 g/mol. The lowest BCUT2D eigenvalue weighted by Gasteiger charge is -2.36. The van der Waals surface area contributed by atoms with Crippen molar-refractivity contribution in [3.8, 4) is 0 Å². The number of rotatable bonds is 4. The van der Waals surface area contributed by atoms with Crippen molar-refractivity contribution in [1.82, 2.24) is 4.90 Å². The van der Waals surface area contributed by atoms with E-state index in [2.05, 4.69) is 69.4 Å². The first-order chi connectivity index (χ1) is 12.6. The molecule has 134 valence electrons. The number of thiophene rings is 1. The van der Waals surface area contributed by atoms with Gasteiger partial charge in [0.1, 0.15) is 0 Å². The number of benzene rings is 2. The van der Waals surface area contributed by atoms with Gasteiger partial charge in [-0.25, -0.2) is 0 Å². The first-order valence-electron chi connectivity index (χ1n) is 8.83. The molecule has 0 amide bonds. The van der Waals surface area contributed by atoms with Gasteiger partial charge in [-0.05, 0) is 55.1 Å². The third-order valence-electron chi connectivity index (χ3n) is 5.16. The van der Waals surface area contributed by atoms with Crippen molar-refractivity contribution in [1.29, 1.82) is 0 Å². The average molecular weight is 430 g/mol. The molecule has 0 spiro atoms. The van der Waals surface area contributed by atoms with Crippen LogP contribution in [0, 0.1) is 5.92 Å². The molecule has 0 bridgehead atoms. The van der Waals surface area contributed by atoms with Gasteiger partial charge in [-0.2, -0.15) is 0 Å². The SMILES string of the molecule is O=C(O)C1CCN(C(c2cc3ccccc3s2)c2ccccc2Br)CC1. The van der Waals surface area contributed by atoms with Crippen LogP contribution in [0.25, 0.3) is 10.1 Å². The lowest BCUT2D eigenvalue weighted by atomic mass is 9.93. The van der Waals surface area contributed by atoms with E-state index >= 15 is 0 Å². The maximum Gasteiger partial charge on any atom is 0.306 e. The van der Waals surface area contributed by atoms with Gasteiger partial charge in [-0.15, -0.1) is 11.3 Å². The Bertz CT molecular complexity index is 897. The molecular formula is C21H20BrNO2S. The van der Waals surface area contributed by atoms with Crippen LogP contribution in [0.15, 0.2) is 59.1 Å². The fourth-order valence-electron chi connectivity index (χ4n) is 3.77. The number of halogens is 1. The lowest BCUT2D eigenvalue weighted by Crippen LogP contribution is -2.39. The molecule has 5 heteroatoms.